The van der Waals surface area contributed by atoms with Crippen molar-refractivity contribution >= 4 is 28.5 Å². The molecule has 0 saturated carbocycles. The highest BCUT2D eigenvalue weighted by Crippen LogP contribution is 2.47. The van der Waals surface area contributed by atoms with Gasteiger partial charge in [0.05, 0.1) is 7.11 Å². The molecular weight excluding hydrogens is 300 g/mol. The van der Waals surface area contributed by atoms with Crippen molar-refractivity contribution < 1.29 is 9.53 Å². The molecule has 1 unspecified atom stereocenters. The van der Waals surface area contributed by atoms with E-state index in [4.69, 9.17) is 16.3 Å². The number of hydrogen-bond acceptors (Lipinski definition) is 3. The summed E-state index contributed by atoms with van der Waals surface area (Å²) < 4.78 is 4.94. The van der Waals surface area contributed by atoms with Crippen LogP contribution < -0.4 is 0 Å². The summed E-state index contributed by atoms with van der Waals surface area (Å²) in [5.41, 5.74) is 3.82. The second-order valence-electron chi connectivity index (χ2n) is 6.54. The predicted octanol–water partition coefficient (Wildman–Crippen LogP) is 2.66. The van der Waals surface area contributed by atoms with Crippen molar-refractivity contribution in [2.45, 2.75) is 29.7 Å². The largest absolute Gasteiger partial charge is 0.468 e. The average molecular weight is 319 g/mol. The van der Waals surface area contributed by atoms with Crippen molar-refractivity contribution in [2.24, 2.45) is 0 Å². The fourth-order valence-corrected chi connectivity index (χ4v) is 4.73. The van der Waals surface area contributed by atoms with Gasteiger partial charge >= 0.3 is 5.97 Å². The topological polar surface area (TPSA) is 45.3 Å². The smallest absolute Gasteiger partial charge is 0.328 e. The number of esters is 1. The monoisotopic (exact) mass is 318 g/mol. The number of aromatic amines is 1. The molecule has 1 N–H and O–H groups in total. The highest BCUT2D eigenvalue weighted by Gasteiger charge is 2.50. The molecule has 2 aliphatic rings. The Hall–Kier alpha value is -1.52. The summed E-state index contributed by atoms with van der Waals surface area (Å²) in [4.78, 5) is 16.8. The van der Waals surface area contributed by atoms with E-state index >= 15 is 0 Å². The Labute approximate surface area is 134 Å². The van der Waals surface area contributed by atoms with Gasteiger partial charge in [0.15, 0.2) is 4.87 Å². The molecule has 1 aromatic carbocycles. The Bertz CT molecular complexity index is 756. The number of ether oxygens (including phenoxy) is 1. The second-order valence-corrected chi connectivity index (χ2v) is 7.26. The fourth-order valence-electron chi connectivity index (χ4n) is 4.30. The Morgan fingerprint density at radius 3 is 3.09 bits per heavy atom. The van der Waals surface area contributed by atoms with E-state index in [0.29, 0.717) is 19.0 Å². The highest BCUT2D eigenvalue weighted by atomic mass is 35.5. The molecule has 116 valence electrons. The molecule has 2 aromatic rings. The molecule has 0 amide bonds. The minimum atomic E-state index is -0.958. The third-order valence-corrected chi connectivity index (χ3v) is 5.70. The summed E-state index contributed by atoms with van der Waals surface area (Å²) >= 11 is 6.65. The summed E-state index contributed by atoms with van der Waals surface area (Å²) in [6.45, 7) is 0.526. The first-order valence-electron chi connectivity index (χ1n) is 7.60. The van der Waals surface area contributed by atoms with Crippen LogP contribution in [0.2, 0.25) is 0 Å². The van der Waals surface area contributed by atoms with Gasteiger partial charge in [-0.05, 0) is 37.1 Å². The van der Waals surface area contributed by atoms with Gasteiger partial charge in [0.1, 0.15) is 0 Å². The number of methoxy groups -OCH3 is 1. The molecule has 5 heteroatoms. The molecule has 0 spiro atoms. The maximum absolute atomic E-state index is 12.2. The molecule has 0 bridgehead atoms. The summed E-state index contributed by atoms with van der Waals surface area (Å²) in [6.07, 6.45) is 3.73. The number of piperidine rings is 1. The van der Waals surface area contributed by atoms with Crippen LogP contribution in [-0.4, -0.2) is 47.5 Å². The number of fused-ring (bicyclic) bond motifs is 2. The van der Waals surface area contributed by atoms with E-state index in [9.17, 15) is 4.79 Å². The zero-order chi connectivity index (χ0) is 15.5. The van der Waals surface area contributed by atoms with E-state index in [-0.39, 0.29) is 11.9 Å². The van der Waals surface area contributed by atoms with E-state index < -0.39 is 4.87 Å². The first-order chi connectivity index (χ1) is 10.5. The van der Waals surface area contributed by atoms with E-state index in [1.165, 1.54) is 23.6 Å². The van der Waals surface area contributed by atoms with Crippen LogP contribution in [0.5, 0.6) is 0 Å². The Morgan fingerprint density at radius 2 is 2.32 bits per heavy atom. The minimum Gasteiger partial charge on any atom is -0.468 e. The lowest BCUT2D eigenvalue weighted by molar-refractivity contribution is -0.146. The van der Waals surface area contributed by atoms with Gasteiger partial charge in [-0.1, -0.05) is 12.1 Å². The number of likely N-dealkylation sites (N-methyl/N-ethyl adjacent to an activating group) is 1. The number of nitrogens with one attached hydrogen (secondary N) is 1. The number of likely N-dealkylation sites (tertiary alicyclic amines) is 1. The molecule has 1 saturated heterocycles. The number of H-pyrrole nitrogens is 1. The van der Waals surface area contributed by atoms with Gasteiger partial charge < -0.3 is 14.6 Å². The quantitative estimate of drug-likeness (QED) is 0.649. The van der Waals surface area contributed by atoms with Crippen molar-refractivity contribution in [3.05, 3.63) is 35.5 Å². The lowest BCUT2D eigenvalue weighted by atomic mass is 9.72. The van der Waals surface area contributed by atoms with Gasteiger partial charge in [0.25, 0.3) is 0 Å². The first kappa shape index (κ1) is 14.1. The number of rotatable bonds is 1. The molecule has 1 fully saturated rings. The molecule has 1 aliphatic heterocycles. The van der Waals surface area contributed by atoms with Crippen LogP contribution in [0.15, 0.2) is 24.4 Å². The third-order valence-electron chi connectivity index (χ3n) is 5.27. The van der Waals surface area contributed by atoms with Gasteiger partial charge in [0, 0.05) is 35.6 Å². The van der Waals surface area contributed by atoms with E-state index in [1.54, 1.807) is 0 Å². The third kappa shape index (κ3) is 1.83. The van der Waals surface area contributed by atoms with Gasteiger partial charge in [0.2, 0.25) is 0 Å². The van der Waals surface area contributed by atoms with Crippen LogP contribution in [0.3, 0.4) is 0 Å². The van der Waals surface area contributed by atoms with Crippen molar-refractivity contribution in [3.8, 4) is 0 Å². The zero-order valence-corrected chi connectivity index (χ0v) is 13.5. The lowest BCUT2D eigenvalue weighted by Crippen LogP contribution is -2.56. The molecule has 4 nitrogen and oxygen atoms in total. The molecule has 4 rings (SSSR count). The Balaban J connectivity index is 1.83. The van der Waals surface area contributed by atoms with E-state index in [0.717, 1.165) is 11.9 Å². The van der Waals surface area contributed by atoms with Crippen LogP contribution in [0.1, 0.15) is 23.5 Å². The second kappa shape index (κ2) is 4.74. The van der Waals surface area contributed by atoms with Crippen LogP contribution in [0.25, 0.3) is 10.9 Å². The molecule has 22 heavy (non-hydrogen) atoms. The van der Waals surface area contributed by atoms with Crippen LogP contribution in [0.4, 0.5) is 0 Å². The number of hydrogen-bond donors (Lipinski definition) is 1. The number of carbonyl (C=O) groups is 1. The van der Waals surface area contributed by atoms with Crippen molar-refractivity contribution in [1.82, 2.24) is 9.88 Å². The number of nitrogens with zero attached hydrogens (tertiary/aromatic N) is 1. The Kier molecular flexibility index (Phi) is 3.03. The summed E-state index contributed by atoms with van der Waals surface area (Å²) in [5, 5.41) is 1.31. The van der Waals surface area contributed by atoms with Gasteiger partial charge in [-0.15, -0.1) is 11.6 Å². The van der Waals surface area contributed by atoms with Gasteiger partial charge in [-0.3, -0.25) is 4.79 Å². The number of benzene rings is 1. The summed E-state index contributed by atoms with van der Waals surface area (Å²) in [7, 11) is 3.46. The maximum atomic E-state index is 12.2. The molecular formula is C17H19ClN2O2. The summed E-state index contributed by atoms with van der Waals surface area (Å²) in [5.74, 6) is -0.0751. The van der Waals surface area contributed by atoms with Crippen molar-refractivity contribution in [3.63, 3.8) is 0 Å². The highest BCUT2D eigenvalue weighted by molar-refractivity contribution is 6.34. The lowest BCUT2D eigenvalue weighted by Gasteiger charge is -2.47. The van der Waals surface area contributed by atoms with Crippen LogP contribution >= 0.6 is 11.6 Å². The molecule has 1 aromatic heterocycles. The molecule has 3 atom stereocenters. The molecule has 1 aliphatic carbocycles. The molecule has 0 radical (unpaired) electrons. The van der Waals surface area contributed by atoms with Gasteiger partial charge in [-0.2, -0.15) is 0 Å². The minimum absolute atomic E-state index is 0.252. The first-order valence-corrected chi connectivity index (χ1v) is 7.98. The van der Waals surface area contributed by atoms with Crippen molar-refractivity contribution in [2.75, 3.05) is 20.7 Å². The average Bonchev–Trinajstić information content (AvgIpc) is 2.92. The van der Waals surface area contributed by atoms with Crippen LogP contribution in [0, 0.1) is 0 Å². The number of halogens is 1. The zero-order valence-electron chi connectivity index (χ0n) is 12.7. The Morgan fingerprint density at radius 1 is 1.50 bits per heavy atom. The number of aromatic nitrogens is 1. The number of carbonyl (C=O) groups excluding carboxylic acids is 1. The summed E-state index contributed by atoms with van der Waals surface area (Å²) in [6, 6.07) is 6.72. The number of alkyl halides is 1. The van der Waals surface area contributed by atoms with Gasteiger partial charge in [-0.25, -0.2) is 0 Å². The van der Waals surface area contributed by atoms with Crippen molar-refractivity contribution in [1.29, 1.82) is 0 Å². The van der Waals surface area contributed by atoms with Crippen LogP contribution in [-0.2, 0) is 16.0 Å². The SMILES string of the molecule is COC(=O)C1(Cl)C[C@@H]2c3cccc4[nH]cc(c34)C[C@H]2N(C)C1. The maximum Gasteiger partial charge on any atom is 0.328 e. The molecule has 2 heterocycles. The van der Waals surface area contributed by atoms with E-state index in [2.05, 4.69) is 41.3 Å². The predicted molar refractivity (Wildman–Crippen MR) is 86.4 cm³/mol. The fraction of sp³-hybridized carbons (Fsp3) is 0.471. The van der Waals surface area contributed by atoms with E-state index in [1.807, 2.05) is 0 Å². The standard InChI is InChI=1S/C17H19ClN2O2/c1-20-9-17(18,16(21)22-2)7-12-11-4-3-5-13-15(11)10(8-19-13)6-14(12)20/h3-5,8,12,14,19H,6-7,9H2,1-2H3/t12-,14-,17?/m1/s1. The normalized spacial score (nSPS) is 31.0.